The van der Waals surface area contributed by atoms with Crippen LogP contribution in [0.4, 0.5) is 16.2 Å². The highest BCUT2D eigenvalue weighted by atomic mass is 79.9. The van der Waals surface area contributed by atoms with E-state index in [2.05, 4.69) is 37.2 Å². The Morgan fingerprint density at radius 2 is 1.38 bits per heavy atom. The number of benzene rings is 2. The number of anilines is 2. The molecule has 4 amide bonds. The molecule has 3 rings (SSSR count). The molecule has 0 atom stereocenters. The Morgan fingerprint density at radius 1 is 0.882 bits per heavy atom. The highest BCUT2D eigenvalue weighted by molar-refractivity contribution is 9.10. The summed E-state index contributed by atoms with van der Waals surface area (Å²) in [7, 11) is 6.75. The van der Waals surface area contributed by atoms with Gasteiger partial charge < -0.3 is 30.5 Å². The second-order valence-corrected chi connectivity index (χ2v) is 9.68. The SMILES string of the molecule is CN(C)C(=O)c1cc(Br)ccc1N.CN(C)C(=O)c1cc(Br)ccc1NC(=O)N1CCOCC1. The summed E-state index contributed by atoms with van der Waals surface area (Å²) < 4.78 is 6.86. The lowest BCUT2D eigenvalue weighted by molar-refractivity contribution is 0.0564. The van der Waals surface area contributed by atoms with Gasteiger partial charge in [0.05, 0.1) is 30.0 Å². The van der Waals surface area contributed by atoms with E-state index in [0.29, 0.717) is 48.8 Å². The molecule has 1 fully saturated rings. The van der Waals surface area contributed by atoms with Gasteiger partial charge in [-0.2, -0.15) is 0 Å². The number of morpholine rings is 1. The molecule has 2 aromatic rings. The van der Waals surface area contributed by atoms with E-state index in [9.17, 15) is 14.4 Å². The summed E-state index contributed by atoms with van der Waals surface area (Å²) in [6.45, 7) is 2.19. The van der Waals surface area contributed by atoms with Gasteiger partial charge in [0.15, 0.2) is 0 Å². The molecule has 184 valence electrons. The van der Waals surface area contributed by atoms with Gasteiger partial charge in [-0.1, -0.05) is 31.9 Å². The maximum absolute atomic E-state index is 12.2. The zero-order valence-electron chi connectivity index (χ0n) is 19.6. The first-order chi connectivity index (χ1) is 16.0. The van der Waals surface area contributed by atoms with Crippen molar-refractivity contribution >= 4 is 61.1 Å². The third-order valence-electron chi connectivity index (χ3n) is 4.81. The molecule has 0 aliphatic carbocycles. The standard InChI is InChI=1S/C14H18BrN3O3.C9H11BrN2O/c1-17(2)13(19)11-9-10(15)3-4-12(11)16-14(20)18-5-7-21-8-6-18;1-12(2)9(13)7-5-6(10)3-4-8(7)11/h3-4,9H,5-8H2,1-2H3,(H,16,20);3-5H,11H2,1-2H3. The summed E-state index contributed by atoms with van der Waals surface area (Å²) >= 11 is 6.63. The first-order valence-corrected chi connectivity index (χ1v) is 12.0. The van der Waals surface area contributed by atoms with Gasteiger partial charge in [0.2, 0.25) is 0 Å². The molecule has 1 heterocycles. The molecule has 9 nitrogen and oxygen atoms in total. The van der Waals surface area contributed by atoms with Crippen LogP contribution in [0.15, 0.2) is 45.3 Å². The van der Waals surface area contributed by atoms with Crippen LogP contribution in [0.5, 0.6) is 0 Å². The Kier molecular flexibility index (Phi) is 10.3. The second kappa shape index (κ2) is 12.7. The van der Waals surface area contributed by atoms with Crippen LogP contribution in [0, 0.1) is 0 Å². The molecular weight excluding hydrogens is 570 g/mol. The number of halogens is 2. The van der Waals surface area contributed by atoms with Gasteiger partial charge in [0, 0.05) is 55.9 Å². The van der Waals surface area contributed by atoms with E-state index in [1.165, 1.54) is 9.80 Å². The summed E-state index contributed by atoms with van der Waals surface area (Å²) in [6, 6.07) is 10.2. The first kappa shape index (κ1) is 27.6. The Morgan fingerprint density at radius 3 is 1.94 bits per heavy atom. The molecule has 1 saturated heterocycles. The fourth-order valence-corrected chi connectivity index (χ4v) is 3.68. The lowest BCUT2D eigenvalue weighted by Gasteiger charge is -2.27. The van der Waals surface area contributed by atoms with E-state index in [4.69, 9.17) is 10.5 Å². The third-order valence-corrected chi connectivity index (χ3v) is 5.80. The third kappa shape index (κ3) is 7.71. The van der Waals surface area contributed by atoms with Crippen LogP contribution < -0.4 is 11.1 Å². The normalized spacial score (nSPS) is 12.8. The number of amides is 4. The molecule has 0 radical (unpaired) electrons. The summed E-state index contributed by atoms with van der Waals surface area (Å²) in [5.41, 5.74) is 7.65. The van der Waals surface area contributed by atoms with Crippen molar-refractivity contribution in [1.29, 1.82) is 0 Å². The zero-order chi connectivity index (χ0) is 25.4. The van der Waals surface area contributed by atoms with Crippen LogP contribution in [-0.4, -0.2) is 87.0 Å². The number of nitrogens with zero attached hydrogens (tertiary/aromatic N) is 3. The predicted octanol–water partition coefficient (Wildman–Crippen LogP) is 3.75. The fourth-order valence-electron chi connectivity index (χ4n) is 2.96. The highest BCUT2D eigenvalue weighted by Gasteiger charge is 2.20. The van der Waals surface area contributed by atoms with E-state index >= 15 is 0 Å². The Balaban J connectivity index is 0.000000270. The van der Waals surface area contributed by atoms with Crippen LogP contribution in [-0.2, 0) is 4.74 Å². The Labute approximate surface area is 216 Å². The maximum atomic E-state index is 12.2. The monoisotopic (exact) mass is 597 g/mol. The molecule has 3 N–H and O–H groups in total. The summed E-state index contributed by atoms with van der Waals surface area (Å²) in [5.74, 6) is -0.243. The molecule has 2 aromatic carbocycles. The number of urea groups is 1. The molecule has 0 unspecified atom stereocenters. The van der Waals surface area contributed by atoms with Crippen LogP contribution in [0.25, 0.3) is 0 Å². The minimum atomic E-state index is -0.214. The van der Waals surface area contributed by atoms with Gasteiger partial charge >= 0.3 is 6.03 Å². The lowest BCUT2D eigenvalue weighted by atomic mass is 10.1. The van der Waals surface area contributed by atoms with Gasteiger partial charge in [-0.05, 0) is 36.4 Å². The van der Waals surface area contributed by atoms with Gasteiger partial charge in [0.1, 0.15) is 0 Å². The van der Waals surface area contributed by atoms with E-state index in [-0.39, 0.29) is 17.8 Å². The van der Waals surface area contributed by atoms with E-state index in [0.717, 1.165) is 8.95 Å². The van der Waals surface area contributed by atoms with E-state index in [1.54, 1.807) is 63.4 Å². The Hall–Kier alpha value is -2.63. The maximum Gasteiger partial charge on any atom is 0.322 e. The molecule has 0 saturated carbocycles. The van der Waals surface area contributed by atoms with Gasteiger partial charge in [-0.3, -0.25) is 9.59 Å². The van der Waals surface area contributed by atoms with Crippen LogP contribution in [0.3, 0.4) is 0 Å². The van der Waals surface area contributed by atoms with Crippen LogP contribution in [0.2, 0.25) is 0 Å². The number of nitrogens with one attached hydrogen (secondary N) is 1. The molecule has 1 aliphatic heterocycles. The van der Waals surface area contributed by atoms with Crippen molar-refractivity contribution in [3.8, 4) is 0 Å². The van der Waals surface area contributed by atoms with Crippen molar-refractivity contribution in [2.24, 2.45) is 0 Å². The van der Waals surface area contributed by atoms with Gasteiger partial charge in [-0.25, -0.2) is 4.79 Å². The quantitative estimate of drug-likeness (QED) is 0.523. The number of carbonyl (C=O) groups is 3. The van der Waals surface area contributed by atoms with E-state index in [1.807, 2.05) is 6.07 Å². The lowest BCUT2D eigenvalue weighted by Crippen LogP contribution is -2.43. The summed E-state index contributed by atoms with van der Waals surface area (Å²) in [6.07, 6.45) is 0. The average Bonchev–Trinajstić information content (AvgIpc) is 2.81. The molecule has 34 heavy (non-hydrogen) atoms. The molecule has 0 spiro atoms. The first-order valence-electron chi connectivity index (χ1n) is 10.4. The number of carbonyl (C=O) groups excluding carboxylic acids is 3. The minimum absolute atomic E-state index is 0.0844. The topological polar surface area (TPSA) is 108 Å². The Bertz CT molecular complexity index is 1040. The predicted molar refractivity (Wildman–Crippen MR) is 140 cm³/mol. The molecule has 11 heteroatoms. The van der Waals surface area contributed by atoms with Crippen LogP contribution in [0.1, 0.15) is 20.7 Å². The van der Waals surface area contributed by atoms with Crippen LogP contribution >= 0.6 is 31.9 Å². The molecule has 0 bridgehead atoms. The van der Waals surface area contributed by atoms with Gasteiger partial charge in [0.25, 0.3) is 11.8 Å². The number of ether oxygens (including phenoxy) is 1. The highest BCUT2D eigenvalue weighted by Crippen LogP contribution is 2.23. The summed E-state index contributed by atoms with van der Waals surface area (Å²) in [4.78, 5) is 40.6. The summed E-state index contributed by atoms with van der Waals surface area (Å²) in [5, 5.41) is 2.81. The smallest absolute Gasteiger partial charge is 0.322 e. The van der Waals surface area contributed by atoms with E-state index < -0.39 is 0 Å². The van der Waals surface area contributed by atoms with Crippen molar-refractivity contribution in [3.63, 3.8) is 0 Å². The van der Waals surface area contributed by atoms with Gasteiger partial charge in [-0.15, -0.1) is 0 Å². The number of hydrogen-bond acceptors (Lipinski definition) is 5. The fraction of sp³-hybridized carbons (Fsp3) is 0.348. The number of nitrogen functional groups attached to an aromatic ring is 1. The largest absolute Gasteiger partial charge is 0.398 e. The average molecular weight is 599 g/mol. The molecule has 1 aliphatic rings. The number of nitrogens with two attached hydrogens (primary N) is 1. The number of hydrogen-bond donors (Lipinski definition) is 2. The number of rotatable bonds is 3. The zero-order valence-corrected chi connectivity index (χ0v) is 22.8. The molecule has 0 aromatic heterocycles. The van der Waals surface area contributed by atoms with Crippen molar-refractivity contribution in [2.75, 3.05) is 65.5 Å². The van der Waals surface area contributed by atoms with Crippen molar-refractivity contribution in [3.05, 3.63) is 56.5 Å². The van der Waals surface area contributed by atoms with Crippen molar-refractivity contribution < 1.29 is 19.1 Å². The second-order valence-electron chi connectivity index (χ2n) is 7.85. The van der Waals surface area contributed by atoms with Crippen molar-refractivity contribution in [1.82, 2.24) is 14.7 Å². The minimum Gasteiger partial charge on any atom is -0.398 e. The van der Waals surface area contributed by atoms with Crippen molar-refractivity contribution in [2.45, 2.75) is 0 Å². The molecular formula is C23H29Br2N5O4.